The Labute approximate surface area is 134 Å². The molecule has 2 aromatic carbocycles. The van der Waals surface area contributed by atoms with Crippen LogP contribution in [-0.4, -0.2) is 15.9 Å². The molecule has 0 radical (unpaired) electrons. The summed E-state index contributed by atoms with van der Waals surface area (Å²) < 4.78 is 0.618. The summed E-state index contributed by atoms with van der Waals surface area (Å²) in [6, 6.07) is 8.68. The summed E-state index contributed by atoms with van der Waals surface area (Å²) >= 11 is 1.95. The third-order valence-corrected chi connectivity index (χ3v) is 3.80. The zero-order chi connectivity index (χ0) is 15.6. The number of nitrogens with zero attached hydrogens (tertiary/aromatic N) is 1. The zero-order valence-corrected chi connectivity index (χ0v) is 13.1. The van der Waals surface area contributed by atoms with Gasteiger partial charge in [-0.25, -0.2) is 0 Å². The molecular formula is C14H11IN2O4. The van der Waals surface area contributed by atoms with Gasteiger partial charge in [0.2, 0.25) is 0 Å². The van der Waals surface area contributed by atoms with Crippen LogP contribution in [0, 0.1) is 20.6 Å². The van der Waals surface area contributed by atoms with Crippen molar-refractivity contribution in [2.24, 2.45) is 0 Å². The predicted molar refractivity (Wildman–Crippen MR) is 86.6 cm³/mol. The number of benzene rings is 2. The second-order valence-electron chi connectivity index (χ2n) is 4.37. The van der Waals surface area contributed by atoms with E-state index >= 15 is 0 Å². The van der Waals surface area contributed by atoms with Crippen molar-refractivity contribution in [1.29, 1.82) is 0 Å². The Morgan fingerprint density at radius 1 is 1.29 bits per heavy atom. The highest BCUT2D eigenvalue weighted by Gasteiger charge is 2.16. The number of amides is 1. The highest BCUT2D eigenvalue weighted by atomic mass is 127. The number of non-ortho nitro benzene ring substituents is 1. The molecule has 0 aliphatic carbocycles. The average Bonchev–Trinajstić information content (AvgIpc) is 2.42. The van der Waals surface area contributed by atoms with Gasteiger partial charge in [-0.2, -0.15) is 0 Å². The van der Waals surface area contributed by atoms with Crippen LogP contribution in [0.3, 0.4) is 0 Å². The Balaban J connectivity index is 2.32. The molecule has 0 aliphatic rings. The number of rotatable bonds is 3. The van der Waals surface area contributed by atoms with Crippen molar-refractivity contribution >= 4 is 39.9 Å². The monoisotopic (exact) mass is 398 g/mol. The molecule has 2 N–H and O–H groups in total. The van der Waals surface area contributed by atoms with Gasteiger partial charge in [0.1, 0.15) is 5.75 Å². The van der Waals surface area contributed by atoms with Crippen LogP contribution in [0.5, 0.6) is 5.75 Å². The Kier molecular flexibility index (Phi) is 4.41. The number of phenols is 1. The number of hydrogen-bond donors (Lipinski definition) is 2. The Morgan fingerprint density at radius 3 is 2.62 bits per heavy atom. The van der Waals surface area contributed by atoms with E-state index in [0.29, 0.717) is 14.8 Å². The molecule has 0 spiro atoms. The quantitative estimate of drug-likeness (QED) is 0.359. The molecule has 0 aromatic heterocycles. The lowest BCUT2D eigenvalue weighted by Crippen LogP contribution is -2.14. The van der Waals surface area contributed by atoms with Crippen LogP contribution in [-0.2, 0) is 0 Å². The summed E-state index contributed by atoms with van der Waals surface area (Å²) in [5.41, 5.74) is 1.34. The van der Waals surface area contributed by atoms with Gasteiger partial charge < -0.3 is 10.4 Å². The largest absolute Gasteiger partial charge is 0.508 e. The zero-order valence-electron chi connectivity index (χ0n) is 11.0. The van der Waals surface area contributed by atoms with Gasteiger partial charge >= 0.3 is 0 Å². The average molecular weight is 398 g/mol. The molecule has 6 nitrogen and oxygen atoms in total. The molecule has 0 aliphatic heterocycles. The smallest absolute Gasteiger partial charge is 0.270 e. The third kappa shape index (κ3) is 3.48. The Bertz CT molecular complexity index is 731. The fourth-order valence-electron chi connectivity index (χ4n) is 1.78. The van der Waals surface area contributed by atoms with Gasteiger partial charge in [-0.3, -0.25) is 14.9 Å². The van der Waals surface area contributed by atoms with Crippen LogP contribution in [0.25, 0.3) is 0 Å². The van der Waals surface area contributed by atoms with Gasteiger partial charge in [0.05, 0.1) is 10.5 Å². The Morgan fingerprint density at radius 2 is 2.00 bits per heavy atom. The van der Waals surface area contributed by atoms with Crippen molar-refractivity contribution < 1.29 is 14.8 Å². The van der Waals surface area contributed by atoms with Crippen LogP contribution in [0.1, 0.15) is 15.9 Å². The van der Waals surface area contributed by atoms with Crippen LogP contribution >= 0.6 is 22.6 Å². The Hall–Kier alpha value is -2.16. The number of hydrogen-bond acceptors (Lipinski definition) is 4. The molecule has 108 valence electrons. The van der Waals surface area contributed by atoms with Crippen LogP contribution in [0.4, 0.5) is 11.4 Å². The van der Waals surface area contributed by atoms with Crippen molar-refractivity contribution in [1.82, 2.24) is 0 Å². The molecule has 0 bridgehead atoms. The molecule has 2 aromatic rings. The first kappa shape index (κ1) is 15.2. The maximum Gasteiger partial charge on any atom is 0.270 e. The number of nitro benzene ring substituents is 1. The molecule has 0 unspecified atom stereocenters. The van der Waals surface area contributed by atoms with Crippen LogP contribution in [0.15, 0.2) is 36.4 Å². The number of nitro groups is 1. The van der Waals surface area contributed by atoms with Crippen LogP contribution < -0.4 is 5.32 Å². The van der Waals surface area contributed by atoms with Crippen LogP contribution in [0.2, 0.25) is 0 Å². The van der Waals surface area contributed by atoms with Crippen molar-refractivity contribution in [3.8, 4) is 5.75 Å². The minimum atomic E-state index is -0.543. The fourth-order valence-corrected chi connectivity index (χ4v) is 2.36. The van der Waals surface area contributed by atoms with E-state index in [1.807, 2.05) is 22.6 Å². The number of nitrogens with one attached hydrogen (secondary N) is 1. The van der Waals surface area contributed by atoms with Crippen molar-refractivity contribution in [3.63, 3.8) is 0 Å². The molecule has 21 heavy (non-hydrogen) atoms. The van der Waals surface area contributed by atoms with E-state index in [4.69, 9.17) is 0 Å². The predicted octanol–water partition coefficient (Wildman–Crippen LogP) is 3.47. The van der Waals surface area contributed by atoms with Crippen molar-refractivity contribution in [2.45, 2.75) is 6.92 Å². The molecular weight excluding hydrogens is 387 g/mol. The second kappa shape index (κ2) is 6.08. The first-order valence-electron chi connectivity index (χ1n) is 5.93. The minimum Gasteiger partial charge on any atom is -0.508 e. The topological polar surface area (TPSA) is 92.5 Å². The number of phenolic OH excluding ortho intramolecular Hbond substituents is 1. The summed E-state index contributed by atoms with van der Waals surface area (Å²) in [7, 11) is 0. The van der Waals surface area contributed by atoms with Gasteiger partial charge in [-0.05, 0) is 59.3 Å². The second-order valence-corrected chi connectivity index (χ2v) is 5.54. The van der Waals surface area contributed by atoms with E-state index in [1.54, 1.807) is 13.0 Å². The lowest BCUT2D eigenvalue weighted by molar-refractivity contribution is -0.384. The normalized spacial score (nSPS) is 10.2. The molecule has 0 fully saturated rings. The molecule has 7 heteroatoms. The number of carbonyl (C=O) groups excluding carboxylic acids is 1. The summed E-state index contributed by atoms with van der Waals surface area (Å²) in [6.07, 6.45) is 0. The maximum atomic E-state index is 12.2. The van der Waals surface area contributed by atoms with Gasteiger partial charge in [0, 0.05) is 21.4 Å². The number of aromatic hydroxyl groups is 1. The number of halogens is 1. The summed E-state index contributed by atoms with van der Waals surface area (Å²) in [6.45, 7) is 1.74. The number of anilines is 1. The molecule has 0 heterocycles. The van der Waals surface area contributed by atoms with Gasteiger partial charge in [-0.1, -0.05) is 0 Å². The van der Waals surface area contributed by atoms with E-state index in [2.05, 4.69) is 5.32 Å². The summed E-state index contributed by atoms with van der Waals surface area (Å²) in [4.78, 5) is 22.5. The highest BCUT2D eigenvalue weighted by molar-refractivity contribution is 14.1. The number of aryl methyl sites for hydroxylation is 1. The van der Waals surface area contributed by atoms with E-state index in [-0.39, 0.29) is 17.0 Å². The van der Waals surface area contributed by atoms with E-state index in [1.165, 1.54) is 30.3 Å². The van der Waals surface area contributed by atoms with Crippen molar-refractivity contribution in [2.75, 3.05) is 5.32 Å². The third-order valence-electron chi connectivity index (χ3n) is 2.86. The standard InChI is InChI=1S/C14H11IN2O4/c1-8-6-10(18)3-5-13(8)16-14(19)11-7-9(17(20)21)2-4-12(11)15/h2-7,18H,1H3,(H,16,19). The van der Waals surface area contributed by atoms with Crippen molar-refractivity contribution in [3.05, 3.63) is 61.2 Å². The van der Waals surface area contributed by atoms with Gasteiger partial charge in [0.25, 0.3) is 11.6 Å². The summed E-state index contributed by atoms with van der Waals surface area (Å²) in [5, 5.41) is 22.8. The van der Waals surface area contributed by atoms with E-state index in [0.717, 1.165) is 0 Å². The van der Waals surface area contributed by atoms with E-state index < -0.39 is 10.8 Å². The molecule has 0 saturated carbocycles. The van der Waals surface area contributed by atoms with Gasteiger partial charge in [0.15, 0.2) is 0 Å². The minimum absolute atomic E-state index is 0.107. The van der Waals surface area contributed by atoms with E-state index in [9.17, 15) is 20.0 Å². The fraction of sp³-hybridized carbons (Fsp3) is 0.0714. The SMILES string of the molecule is Cc1cc(O)ccc1NC(=O)c1cc([N+](=O)[O-])ccc1I. The lowest BCUT2D eigenvalue weighted by Gasteiger charge is -2.09. The molecule has 1 amide bonds. The van der Waals surface area contributed by atoms with Gasteiger partial charge in [-0.15, -0.1) is 0 Å². The molecule has 0 atom stereocenters. The maximum absolute atomic E-state index is 12.2. The lowest BCUT2D eigenvalue weighted by atomic mass is 10.1. The first-order chi connectivity index (χ1) is 9.88. The molecule has 2 rings (SSSR count). The number of carbonyl (C=O) groups is 1. The summed E-state index contributed by atoms with van der Waals surface area (Å²) in [5.74, 6) is -0.327. The molecule has 0 saturated heterocycles. The first-order valence-corrected chi connectivity index (χ1v) is 7.01. The highest BCUT2D eigenvalue weighted by Crippen LogP contribution is 2.23.